The summed E-state index contributed by atoms with van der Waals surface area (Å²) in [7, 11) is -3.88. The van der Waals surface area contributed by atoms with Crippen LogP contribution in [-0.2, 0) is 13.3 Å². The van der Waals surface area contributed by atoms with Gasteiger partial charge in [-0.2, -0.15) is 0 Å². The summed E-state index contributed by atoms with van der Waals surface area (Å²) in [4.78, 5) is 0. The number of unbranched alkanes of at least 4 members (excludes halogenated alkanes) is 8. The monoisotopic (exact) mass is 585 g/mol. The largest absolute Gasteiger partial charge is 0.508 e. The number of hydrogen-bond acceptors (Lipinski definition) is 5. The Morgan fingerprint density at radius 3 is 1.62 bits per heavy atom. The van der Waals surface area contributed by atoms with Crippen LogP contribution in [0, 0.1) is 0 Å². The second-order valence-electron chi connectivity index (χ2n) is 10.7. The number of aromatic hydroxyl groups is 1. The highest BCUT2D eigenvalue weighted by Gasteiger charge is 2.41. The average Bonchev–Trinajstić information content (AvgIpc) is 2.93. The first kappa shape index (κ1) is 36.4. The van der Waals surface area contributed by atoms with E-state index in [0.717, 1.165) is 31.2 Å². The molecule has 0 amide bonds. The van der Waals surface area contributed by atoms with Crippen molar-refractivity contribution in [3.63, 3.8) is 0 Å². The van der Waals surface area contributed by atoms with Gasteiger partial charge in [-0.25, -0.2) is 0 Å². The van der Waals surface area contributed by atoms with E-state index in [1.807, 2.05) is 32.9 Å². The van der Waals surface area contributed by atoms with Crippen LogP contribution < -0.4 is 10.0 Å². The van der Waals surface area contributed by atoms with Gasteiger partial charge in [-0.3, -0.25) is 0 Å². The Balaban J connectivity index is 2.65. The van der Waals surface area contributed by atoms with Crippen molar-refractivity contribution >= 4 is 21.4 Å². The molecule has 0 heterocycles. The second-order valence-corrected chi connectivity index (χ2v) is 17.6. The molecule has 0 radical (unpaired) electrons. The van der Waals surface area contributed by atoms with Crippen LogP contribution in [0.4, 0.5) is 0 Å². The van der Waals surface area contributed by atoms with Gasteiger partial charge in [0.1, 0.15) is 11.1 Å². The maximum atomic E-state index is 10.5. The predicted octanol–water partition coefficient (Wildman–Crippen LogP) is 9.20. The topological polar surface area (TPSA) is 57.2 Å². The summed E-state index contributed by atoms with van der Waals surface area (Å²) in [6, 6.07) is 6.81. The van der Waals surface area contributed by atoms with Crippen molar-refractivity contribution in [1.82, 2.24) is 0 Å². The van der Waals surface area contributed by atoms with Gasteiger partial charge < -0.3 is 23.1 Å². The van der Waals surface area contributed by atoms with Gasteiger partial charge in [0.15, 0.2) is 5.75 Å². The Morgan fingerprint density at radius 2 is 1.13 bits per heavy atom. The van der Waals surface area contributed by atoms with E-state index in [0.29, 0.717) is 25.6 Å². The smallest absolute Gasteiger partial charge is 0.500 e. The van der Waals surface area contributed by atoms with E-state index in [1.54, 1.807) is 0 Å². The number of hydrogen-bond donors (Lipinski definition) is 1. The first-order valence-electron chi connectivity index (χ1n) is 16.2. The highest BCUT2D eigenvalue weighted by Crippen LogP contribution is 2.61. The Labute approximate surface area is 243 Å². The zero-order valence-electron chi connectivity index (χ0n) is 26.4. The third-order valence-corrected chi connectivity index (χ3v) is 15.5. The van der Waals surface area contributed by atoms with Gasteiger partial charge in [0.05, 0.1) is 32.4 Å². The molecule has 7 heteroatoms. The molecule has 1 N–H and O–H groups in total. The van der Waals surface area contributed by atoms with Crippen molar-refractivity contribution in [1.29, 1.82) is 0 Å². The van der Waals surface area contributed by atoms with Crippen LogP contribution >= 0.6 is 7.26 Å². The molecule has 39 heavy (non-hydrogen) atoms. The Bertz CT molecular complexity index is 694. The standard InChI is InChI=1S/C32H61O5PSi/c1-7-13-25-38(26-14-8-2,27-15-9-3)32-29-30(33)22-23-31(32)34-24-20-18-16-17-19-21-28-39(35-10-4,36-11-5)37-12-6/h22-23,29H,7-21,24-28H2,1-6H3/p+1. The molecule has 1 aromatic carbocycles. The van der Waals surface area contributed by atoms with Crippen LogP contribution in [0.5, 0.6) is 11.5 Å². The van der Waals surface area contributed by atoms with Gasteiger partial charge in [-0.1, -0.05) is 65.7 Å². The van der Waals surface area contributed by atoms with Crippen LogP contribution in [-0.4, -0.2) is 58.8 Å². The maximum Gasteiger partial charge on any atom is 0.500 e. The van der Waals surface area contributed by atoms with Crippen LogP contribution in [0.15, 0.2) is 18.2 Å². The van der Waals surface area contributed by atoms with Crippen molar-refractivity contribution in [3.8, 4) is 11.5 Å². The summed E-state index contributed by atoms with van der Waals surface area (Å²) in [5.74, 6) is 1.42. The molecular weight excluding hydrogens is 523 g/mol. The minimum atomic E-state index is -2.50. The SMILES string of the molecule is CCCC[P+](CCCC)(CCCC)c1cc(O)ccc1OCCCCCCCC[Si](OCC)(OCC)OCC. The van der Waals surface area contributed by atoms with E-state index in [4.69, 9.17) is 18.0 Å². The minimum absolute atomic E-state index is 0.385. The molecule has 5 nitrogen and oxygen atoms in total. The average molecular weight is 586 g/mol. The van der Waals surface area contributed by atoms with Crippen LogP contribution in [0.1, 0.15) is 119 Å². The van der Waals surface area contributed by atoms with Crippen LogP contribution in [0.3, 0.4) is 0 Å². The van der Waals surface area contributed by atoms with Gasteiger partial charge in [-0.15, -0.1) is 0 Å². The molecule has 0 bridgehead atoms. The predicted molar refractivity (Wildman–Crippen MR) is 173 cm³/mol. The van der Waals surface area contributed by atoms with Crippen LogP contribution in [0.2, 0.25) is 6.04 Å². The molecule has 1 aromatic rings. The molecule has 0 saturated carbocycles. The van der Waals surface area contributed by atoms with Gasteiger partial charge in [0.25, 0.3) is 0 Å². The summed E-state index contributed by atoms with van der Waals surface area (Å²) in [5, 5.41) is 11.8. The lowest BCUT2D eigenvalue weighted by atomic mass is 10.1. The van der Waals surface area contributed by atoms with Gasteiger partial charge in [0, 0.05) is 31.9 Å². The molecule has 0 atom stereocenters. The number of benzene rings is 1. The molecule has 228 valence electrons. The minimum Gasteiger partial charge on any atom is -0.508 e. The molecule has 0 saturated heterocycles. The second kappa shape index (κ2) is 22.0. The van der Waals surface area contributed by atoms with E-state index in [-0.39, 0.29) is 0 Å². The molecule has 0 aliphatic carbocycles. The van der Waals surface area contributed by atoms with E-state index < -0.39 is 16.1 Å². The molecule has 0 aromatic heterocycles. The Morgan fingerprint density at radius 1 is 0.641 bits per heavy atom. The highest BCUT2D eigenvalue weighted by molar-refractivity contribution is 7.83. The number of rotatable bonds is 26. The van der Waals surface area contributed by atoms with E-state index in [1.165, 1.54) is 88.0 Å². The van der Waals surface area contributed by atoms with Crippen molar-refractivity contribution in [2.45, 2.75) is 125 Å². The molecule has 0 aliphatic heterocycles. The van der Waals surface area contributed by atoms with Crippen molar-refractivity contribution in [3.05, 3.63) is 18.2 Å². The molecule has 0 aliphatic rings. The zero-order valence-corrected chi connectivity index (χ0v) is 28.3. The fraction of sp³-hybridized carbons (Fsp3) is 0.812. The fourth-order valence-electron chi connectivity index (χ4n) is 5.41. The molecule has 1 rings (SSSR count). The summed E-state index contributed by atoms with van der Waals surface area (Å²) in [6.45, 7) is 15.6. The zero-order chi connectivity index (χ0) is 28.8. The van der Waals surface area contributed by atoms with Crippen molar-refractivity contribution in [2.75, 3.05) is 44.9 Å². The van der Waals surface area contributed by atoms with E-state index >= 15 is 0 Å². The van der Waals surface area contributed by atoms with E-state index in [2.05, 4.69) is 26.8 Å². The first-order valence-corrected chi connectivity index (χ1v) is 20.5. The van der Waals surface area contributed by atoms with Crippen molar-refractivity contribution in [2.24, 2.45) is 0 Å². The summed E-state index contributed by atoms with van der Waals surface area (Å²) in [5.41, 5.74) is 0. The summed E-state index contributed by atoms with van der Waals surface area (Å²) >= 11 is 0. The molecular formula is C32H62O5PSi+. The van der Waals surface area contributed by atoms with Gasteiger partial charge in [0.2, 0.25) is 0 Å². The lowest BCUT2D eigenvalue weighted by Gasteiger charge is -2.29. The molecule has 0 fully saturated rings. The highest BCUT2D eigenvalue weighted by atomic mass is 31.2. The number of phenols is 1. The van der Waals surface area contributed by atoms with Gasteiger partial charge in [-0.05, 0) is 65.0 Å². The Kier molecular flexibility index (Phi) is 20.5. The number of ether oxygens (including phenoxy) is 1. The molecule has 0 unspecified atom stereocenters. The third kappa shape index (κ3) is 13.7. The van der Waals surface area contributed by atoms with E-state index in [9.17, 15) is 5.11 Å². The Hall–Kier alpha value is -0.653. The normalized spacial score (nSPS) is 12.3. The fourth-order valence-corrected chi connectivity index (χ4v) is 13.3. The number of phenolic OH excluding ortho intramolecular Hbond substituents is 1. The third-order valence-electron chi connectivity index (χ3n) is 7.50. The van der Waals surface area contributed by atoms with Gasteiger partial charge >= 0.3 is 8.80 Å². The summed E-state index contributed by atoms with van der Waals surface area (Å²) < 4.78 is 24.4. The lowest BCUT2D eigenvalue weighted by Crippen LogP contribution is -2.45. The summed E-state index contributed by atoms with van der Waals surface area (Å²) in [6.07, 6.45) is 18.3. The maximum absolute atomic E-state index is 10.5. The van der Waals surface area contributed by atoms with Crippen molar-refractivity contribution < 1.29 is 23.1 Å². The molecule has 0 spiro atoms. The van der Waals surface area contributed by atoms with Crippen LogP contribution in [0.25, 0.3) is 0 Å². The lowest BCUT2D eigenvalue weighted by molar-refractivity contribution is 0.0706. The quantitative estimate of drug-likeness (QED) is 0.0667. The first-order chi connectivity index (χ1) is 19.0.